The molecule has 3 unspecified atom stereocenters. The number of benzene rings is 1. The molecule has 17 nitrogen and oxygen atoms in total. The van der Waals surface area contributed by atoms with Gasteiger partial charge in [0.05, 0.1) is 12.1 Å². The summed E-state index contributed by atoms with van der Waals surface area (Å²) in [7, 11) is 0. The molecular formula is C45H63N9O8. The van der Waals surface area contributed by atoms with E-state index in [9.17, 15) is 24.3 Å². The SMILES string of the molecule is CCC1C[C@]1(NC(=O)C1C[C@@H](Oc2cc(-n3ccc(NC(C)C)n3)nc3cc(OCCN4CCNCC4)ccc23)CN1C(=O)C(NC(=O)O[C@@H]1C[C@@H]2C[C@@H]2C1)C(C)(C)C)C(=O)O. The lowest BCUT2D eigenvalue weighted by atomic mass is 9.85. The fourth-order valence-corrected chi connectivity index (χ4v) is 9.54. The minimum atomic E-state index is -1.40. The number of nitrogens with zero attached hydrogens (tertiary/aromatic N) is 5. The summed E-state index contributed by atoms with van der Waals surface area (Å²) in [6.07, 6.45) is 4.07. The number of rotatable bonds is 16. The second-order valence-corrected chi connectivity index (χ2v) is 19.3. The lowest BCUT2D eigenvalue weighted by Crippen LogP contribution is -2.59. The molecule has 336 valence electrons. The van der Waals surface area contributed by atoms with Crippen LogP contribution in [-0.2, 0) is 19.1 Å². The third kappa shape index (κ3) is 9.58. The lowest BCUT2D eigenvalue weighted by molar-refractivity contribution is -0.146. The number of aromatic nitrogens is 3. The number of alkyl carbamates (subject to hydrolysis) is 1. The van der Waals surface area contributed by atoms with Gasteiger partial charge in [-0.2, -0.15) is 0 Å². The minimum absolute atomic E-state index is 0.0000804. The third-order valence-electron chi connectivity index (χ3n) is 13.2. The second-order valence-electron chi connectivity index (χ2n) is 19.3. The van der Waals surface area contributed by atoms with Crippen molar-refractivity contribution >= 4 is 40.6 Å². The van der Waals surface area contributed by atoms with Crippen LogP contribution in [0.1, 0.15) is 80.1 Å². The van der Waals surface area contributed by atoms with Crippen LogP contribution in [0.15, 0.2) is 36.5 Å². The number of amides is 3. The molecule has 62 heavy (non-hydrogen) atoms. The first-order valence-corrected chi connectivity index (χ1v) is 22.4. The quantitative estimate of drug-likeness (QED) is 0.138. The standard InChI is InChI=1S/C45H63N9O8/c1-7-29-24-45(29,42(57)58)50-40(55)35-22-32(25-53(35)41(56)39(44(4,5)6)49-43(59)62-31-19-27-18-28(27)20-31)61-36-23-38(54-13-10-37(51-54)47-26(2)3)48-34-21-30(8-9-33(34)36)60-17-16-52-14-11-46-12-15-52/h8-10,13,21,23,26-29,31-32,35,39,46H,7,11-12,14-20,22,24-25H2,1-6H3,(H,47,51)(H,49,59)(H,50,55)(H,57,58)/t27-,28+,29?,31+,32-,35?,39?,45-/m1/s1. The van der Waals surface area contributed by atoms with Crippen molar-refractivity contribution < 1.29 is 38.5 Å². The molecule has 3 saturated carbocycles. The van der Waals surface area contributed by atoms with Gasteiger partial charge in [0.25, 0.3) is 0 Å². The summed E-state index contributed by atoms with van der Waals surface area (Å²) in [5, 5.41) is 28.0. The maximum absolute atomic E-state index is 14.8. The highest BCUT2D eigenvalue weighted by molar-refractivity contribution is 5.96. The highest BCUT2D eigenvalue weighted by atomic mass is 16.6. The van der Waals surface area contributed by atoms with Crippen LogP contribution in [0.5, 0.6) is 11.5 Å². The number of aliphatic carboxylic acids is 1. The maximum Gasteiger partial charge on any atom is 0.408 e. The Labute approximate surface area is 363 Å². The molecule has 2 aliphatic heterocycles. The zero-order chi connectivity index (χ0) is 43.9. The molecule has 5 aliphatic rings. The predicted octanol–water partition coefficient (Wildman–Crippen LogP) is 4.18. The fourth-order valence-electron chi connectivity index (χ4n) is 9.54. The van der Waals surface area contributed by atoms with Crippen molar-refractivity contribution in [1.82, 2.24) is 40.5 Å². The van der Waals surface area contributed by atoms with E-state index in [4.69, 9.17) is 24.3 Å². The summed E-state index contributed by atoms with van der Waals surface area (Å²) in [6.45, 7) is 16.7. The Morgan fingerprint density at radius 2 is 1.77 bits per heavy atom. The normalized spacial score (nSPS) is 27.4. The molecule has 8 rings (SSSR count). The number of ether oxygens (including phenoxy) is 3. The van der Waals surface area contributed by atoms with E-state index in [0.29, 0.717) is 65.3 Å². The average molecular weight is 858 g/mol. The van der Waals surface area contributed by atoms with E-state index in [1.54, 1.807) is 10.7 Å². The second kappa shape index (κ2) is 17.5. The van der Waals surface area contributed by atoms with Crippen molar-refractivity contribution in [2.45, 2.75) is 116 Å². The number of hydrogen-bond donors (Lipinski definition) is 5. The van der Waals surface area contributed by atoms with Gasteiger partial charge in [0, 0.05) is 75.0 Å². The number of anilines is 1. The summed E-state index contributed by atoms with van der Waals surface area (Å²) in [5.74, 6) is 1.12. The number of piperazine rings is 1. The maximum atomic E-state index is 14.8. The van der Waals surface area contributed by atoms with Crippen LogP contribution in [-0.4, -0.2) is 135 Å². The Hall–Kier alpha value is -5.16. The van der Waals surface area contributed by atoms with E-state index in [2.05, 4.69) is 26.2 Å². The zero-order valence-corrected chi connectivity index (χ0v) is 36.8. The lowest BCUT2D eigenvalue weighted by Gasteiger charge is -2.35. The van der Waals surface area contributed by atoms with Crippen molar-refractivity contribution in [2.75, 3.05) is 51.2 Å². The number of carbonyl (C=O) groups excluding carboxylic acids is 3. The molecular weight excluding hydrogens is 795 g/mol. The first-order chi connectivity index (χ1) is 29.6. The van der Waals surface area contributed by atoms with E-state index in [0.717, 1.165) is 45.6 Å². The van der Waals surface area contributed by atoms with Crippen molar-refractivity contribution in [1.29, 1.82) is 0 Å². The van der Waals surface area contributed by atoms with Crippen LogP contribution in [0, 0.1) is 23.2 Å². The highest BCUT2D eigenvalue weighted by Crippen LogP contribution is 2.52. The zero-order valence-electron chi connectivity index (χ0n) is 36.8. The number of pyridine rings is 1. The van der Waals surface area contributed by atoms with Crippen LogP contribution in [0.25, 0.3) is 16.7 Å². The number of nitrogens with one attached hydrogen (secondary N) is 4. The number of hydrogen-bond acceptors (Lipinski definition) is 12. The van der Waals surface area contributed by atoms with E-state index in [1.807, 2.05) is 72.0 Å². The first kappa shape index (κ1) is 43.5. The molecule has 17 heteroatoms. The largest absolute Gasteiger partial charge is 0.492 e. The molecule has 2 saturated heterocycles. The van der Waals surface area contributed by atoms with Crippen molar-refractivity contribution in [3.63, 3.8) is 0 Å². The number of carboxylic acids is 1. The number of carbonyl (C=O) groups is 4. The predicted molar refractivity (Wildman–Crippen MR) is 231 cm³/mol. The molecule has 0 radical (unpaired) electrons. The summed E-state index contributed by atoms with van der Waals surface area (Å²) >= 11 is 0. The number of carboxylic acid groups (broad SMARTS) is 1. The van der Waals surface area contributed by atoms with Crippen LogP contribution >= 0.6 is 0 Å². The first-order valence-electron chi connectivity index (χ1n) is 22.4. The molecule has 3 amide bonds. The summed E-state index contributed by atoms with van der Waals surface area (Å²) < 4.78 is 20.5. The van der Waals surface area contributed by atoms with Crippen LogP contribution < -0.4 is 30.7 Å². The molecule has 5 fully saturated rings. The van der Waals surface area contributed by atoms with Gasteiger partial charge in [0.1, 0.15) is 53.8 Å². The fraction of sp³-hybridized carbons (Fsp3) is 0.644. The average Bonchev–Trinajstić information content (AvgIpc) is 3.89. The molecule has 3 aromatic rings. The van der Waals surface area contributed by atoms with Crippen LogP contribution in [0.2, 0.25) is 0 Å². The topological polar surface area (TPSA) is 202 Å². The van der Waals surface area contributed by atoms with E-state index < -0.39 is 53.0 Å². The summed E-state index contributed by atoms with van der Waals surface area (Å²) in [6, 6.07) is 7.34. The van der Waals surface area contributed by atoms with Crippen LogP contribution in [0.3, 0.4) is 0 Å². The molecule has 8 atom stereocenters. The molecule has 1 aromatic carbocycles. The minimum Gasteiger partial charge on any atom is -0.492 e. The molecule has 4 heterocycles. The van der Waals surface area contributed by atoms with Gasteiger partial charge in [0.2, 0.25) is 11.8 Å². The van der Waals surface area contributed by atoms with Gasteiger partial charge in [-0.05, 0) is 74.8 Å². The van der Waals surface area contributed by atoms with Crippen LogP contribution in [0.4, 0.5) is 10.6 Å². The van der Waals surface area contributed by atoms with Gasteiger partial charge >= 0.3 is 12.1 Å². The summed E-state index contributed by atoms with van der Waals surface area (Å²) in [5.41, 5.74) is -1.57. The van der Waals surface area contributed by atoms with E-state index >= 15 is 0 Å². The Morgan fingerprint density at radius 1 is 1.02 bits per heavy atom. The van der Waals surface area contributed by atoms with E-state index in [1.165, 1.54) is 11.3 Å². The molecule has 5 N–H and O–H groups in total. The van der Waals surface area contributed by atoms with Crippen molar-refractivity contribution in [2.24, 2.45) is 23.2 Å². The Morgan fingerprint density at radius 3 is 2.45 bits per heavy atom. The van der Waals surface area contributed by atoms with Gasteiger partial charge in [-0.15, -0.1) is 5.10 Å². The Balaban J connectivity index is 1.07. The smallest absolute Gasteiger partial charge is 0.408 e. The van der Waals surface area contributed by atoms with Gasteiger partial charge in [-0.25, -0.2) is 19.3 Å². The number of fused-ring (bicyclic) bond motifs is 2. The Bertz CT molecular complexity index is 2140. The molecule has 0 bridgehead atoms. The molecule has 2 aromatic heterocycles. The monoisotopic (exact) mass is 857 g/mol. The third-order valence-corrected chi connectivity index (χ3v) is 13.2. The Kier molecular flexibility index (Phi) is 12.3. The highest BCUT2D eigenvalue weighted by Gasteiger charge is 2.61. The van der Waals surface area contributed by atoms with Gasteiger partial charge in [-0.1, -0.05) is 34.1 Å². The van der Waals surface area contributed by atoms with E-state index in [-0.39, 0.29) is 31.0 Å². The van der Waals surface area contributed by atoms with Crippen molar-refractivity contribution in [3.05, 3.63) is 36.5 Å². The van der Waals surface area contributed by atoms with Gasteiger partial charge < -0.3 is 45.5 Å². The molecule has 0 spiro atoms. The van der Waals surface area contributed by atoms with Gasteiger partial charge in [-0.3, -0.25) is 14.5 Å². The molecule has 3 aliphatic carbocycles. The number of likely N-dealkylation sites (tertiary alicyclic amines) is 1. The van der Waals surface area contributed by atoms with Gasteiger partial charge in [0.15, 0.2) is 5.82 Å². The summed E-state index contributed by atoms with van der Waals surface area (Å²) in [4.78, 5) is 63.7. The van der Waals surface area contributed by atoms with Crippen molar-refractivity contribution in [3.8, 4) is 17.3 Å².